The number of thioether (sulfide) groups is 1. The number of oxazole rings is 1. The number of Topliss-reactive ketones (excluding diaryl/α,β-unsaturated/α-hetero) is 1. The molecule has 1 N–H and O–H groups in total. The highest BCUT2D eigenvalue weighted by Crippen LogP contribution is 2.59. The van der Waals surface area contributed by atoms with Gasteiger partial charge in [0.1, 0.15) is 5.75 Å². The summed E-state index contributed by atoms with van der Waals surface area (Å²) in [6.07, 6.45) is 4.88. The number of phenolic OH excluding ortho intramolecular Hbond substituents is 1. The molecule has 3 aliphatic rings. The van der Waals surface area contributed by atoms with Crippen LogP contribution in [0.2, 0.25) is 0 Å². The van der Waals surface area contributed by atoms with Gasteiger partial charge in [0.15, 0.2) is 23.8 Å². The lowest BCUT2D eigenvalue weighted by Crippen LogP contribution is -2.40. The molecule has 1 aliphatic carbocycles. The predicted molar refractivity (Wildman–Crippen MR) is 130 cm³/mol. The van der Waals surface area contributed by atoms with Gasteiger partial charge in [-0.05, 0) is 69.0 Å². The van der Waals surface area contributed by atoms with E-state index < -0.39 is 0 Å². The summed E-state index contributed by atoms with van der Waals surface area (Å²) < 4.78 is 5.57. The summed E-state index contributed by atoms with van der Waals surface area (Å²) in [5.74, 6) is 3.49. The minimum Gasteiger partial charge on any atom is -0.507 e. The molecule has 0 radical (unpaired) electrons. The SMILES string of the molecule is CC(=O)c1cc(C23CC2CN(CCCSC2CCN=C(c4ocnc4C)N2C)C3)ccc1O. The molecule has 1 aromatic carbocycles. The van der Waals surface area contributed by atoms with E-state index in [4.69, 9.17) is 4.42 Å². The lowest BCUT2D eigenvalue weighted by atomic mass is 9.92. The number of carbonyl (C=O) groups excluding carboxylic acids is 1. The van der Waals surface area contributed by atoms with Crippen LogP contribution in [0, 0.1) is 12.8 Å². The number of phenols is 1. The van der Waals surface area contributed by atoms with Gasteiger partial charge in [-0.2, -0.15) is 0 Å². The van der Waals surface area contributed by atoms with Crippen LogP contribution in [0.5, 0.6) is 5.75 Å². The lowest BCUT2D eigenvalue weighted by molar-refractivity contribution is 0.101. The second kappa shape index (κ2) is 8.80. The average Bonchev–Trinajstić information content (AvgIpc) is 3.11. The second-order valence-electron chi connectivity index (χ2n) is 9.63. The van der Waals surface area contributed by atoms with Gasteiger partial charge in [0.2, 0.25) is 0 Å². The van der Waals surface area contributed by atoms with Gasteiger partial charge in [-0.3, -0.25) is 9.79 Å². The number of aryl methyl sites for hydroxylation is 1. The van der Waals surface area contributed by atoms with Crippen molar-refractivity contribution < 1.29 is 14.3 Å². The molecule has 1 saturated heterocycles. The zero-order valence-corrected chi connectivity index (χ0v) is 20.4. The van der Waals surface area contributed by atoms with Gasteiger partial charge in [-0.15, -0.1) is 11.8 Å². The van der Waals surface area contributed by atoms with E-state index in [1.54, 1.807) is 6.07 Å². The van der Waals surface area contributed by atoms with E-state index in [0.717, 1.165) is 62.1 Å². The van der Waals surface area contributed by atoms with Gasteiger partial charge in [-0.25, -0.2) is 4.98 Å². The third-order valence-corrected chi connectivity index (χ3v) is 8.91. The van der Waals surface area contributed by atoms with Crippen molar-refractivity contribution in [1.29, 1.82) is 0 Å². The quantitative estimate of drug-likeness (QED) is 0.467. The fourth-order valence-electron chi connectivity index (χ4n) is 5.51. The molecule has 2 aliphatic heterocycles. The first-order valence-electron chi connectivity index (χ1n) is 11.7. The molecule has 8 heteroatoms. The van der Waals surface area contributed by atoms with Gasteiger partial charge in [0.05, 0.1) is 16.6 Å². The molecule has 1 aromatic heterocycles. The molecular formula is C25H32N4O3S. The monoisotopic (exact) mass is 468 g/mol. The van der Waals surface area contributed by atoms with Gasteiger partial charge in [-0.1, -0.05) is 6.07 Å². The third-order valence-electron chi connectivity index (χ3n) is 7.45. The summed E-state index contributed by atoms with van der Waals surface area (Å²) in [6, 6.07) is 5.62. The number of hydrogen-bond acceptors (Lipinski definition) is 8. The number of benzene rings is 1. The second-order valence-corrected chi connectivity index (χ2v) is 10.9. The van der Waals surface area contributed by atoms with Gasteiger partial charge in [0, 0.05) is 32.1 Å². The number of fused-ring (bicyclic) bond motifs is 1. The molecule has 5 rings (SSSR count). The first-order valence-corrected chi connectivity index (χ1v) is 12.8. The Morgan fingerprint density at radius 1 is 1.39 bits per heavy atom. The molecule has 176 valence electrons. The minimum atomic E-state index is -0.0748. The van der Waals surface area contributed by atoms with Crippen molar-refractivity contribution in [2.24, 2.45) is 10.9 Å². The number of rotatable bonds is 8. The minimum absolute atomic E-state index is 0.0748. The van der Waals surface area contributed by atoms with Crippen LogP contribution in [0.3, 0.4) is 0 Å². The zero-order chi connectivity index (χ0) is 23.2. The molecule has 3 atom stereocenters. The average molecular weight is 469 g/mol. The normalized spacial score (nSPS) is 26.9. The number of nitrogens with zero attached hydrogens (tertiary/aromatic N) is 4. The van der Waals surface area contributed by atoms with Crippen LogP contribution in [0.4, 0.5) is 0 Å². The highest BCUT2D eigenvalue weighted by atomic mass is 32.2. The van der Waals surface area contributed by atoms with Crippen molar-refractivity contribution in [1.82, 2.24) is 14.8 Å². The maximum atomic E-state index is 11.9. The molecule has 2 aromatic rings. The first kappa shape index (κ1) is 22.5. The molecule has 3 heterocycles. The van der Waals surface area contributed by atoms with E-state index in [0.29, 0.717) is 16.9 Å². The number of hydrogen-bond donors (Lipinski definition) is 1. The van der Waals surface area contributed by atoms with Crippen LogP contribution in [0.15, 0.2) is 34.0 Å². The van der Waals surface area contributed by atoms with Gasteiger partial charge < -0.3 is 19.3 Å². The standard InChI is InChI=1S/C25H32N4O3S/c1-16-23(32-15-27-16)24-26-8-7-22(28(24)3)33-10-4-9-29-13-19-12-25(19,14-29)18-5-6-21(31)20(11-18)17(2)30/h5-6,11,15,19,22,31H,4,7-10,12-14H2,1-3H3. The summed E-state index contributed by atoms with van der Waals surface area (Å²) in [5.41, 5.74) is 2.72. The fourth-order valence-corrected chi connectivity index (χ4v) is 6.67. The Bertz CT molecular complexity index is 1080. The van der Waals surface area contributed by atoms with E-state index in [1.165, 1.54) is 25.3 Å². The van der Waals surface area contributed by atoms with Crippen LogP contribution < -0.4 is 0 Å². The summed E-state index contributed by atoms with van der Waals surface area (Å²) in [6.45, 7) is 7.58. The Labute approximate surface area is 199 Å². The number of aromatic nitrogens is 1. The Hall–Kier alpha value is -2.32. The van der Waals surface area contributed by atoms with Crippen LogP contribution in [-0.2, 0) is 5.41 Å². The molecule has 33 heavy (non-hydrogen) atoms. The molecule has 0 bridgehead atoms. The van der Waals surface area contributed by atoms with Crippen LogP contribution >= 0.6 is 11.8 Å². The maximum absolute atomic E-state index is 11.9. The number of aliphatic imine (C=N–C) groups is 1. The van der Waals surface area contributed by atoms with E-state index in [-0.39, 0.29) is 16.9 Å². The smallest absolute Gasteiger partial charge is 0.192 e. The summed E-state index contributed by atoms with van der Waals surface area (Å²) in [4.78, 5) is 25.6. The number of carbonyl (C=O) groups is 1. The van der Waals surface area contributed by atoms with E-state index >= 15 is 0 Å². The third kappa shape index (κ3) is 4.19. The topological polar surface area (TPSA) is 82.2 Å². The molecule has 7 nitrogen and oxygen atoms in total. The Kier molecular flexibility index (Phi) is 5.99. The summed E-state index contributed by atoms with van der Waals surface area (Å²) in [7, 11) is 2.10. The molecule has 2 fully saturated rings. The highest BCUT2D eigenvalue weighted by molar-refractivity contribution is 7.99. The Morgan fingerprint density at radius 3 is 3.00 bits per heavy atom. The summed E-state index contributed by atoms with van der Waals surface area (Å²) in [5, 5.41) is 10.4. The molecule has 1 saturated carbocycles. The van der Waals surface area contributed by atoms with E-state index in [9.17, 15) is 9.90 Å². The van der Waals surface area contributed by atoms with Gasteiger partial charge >= 0.3 is 0 Å². The predicted octanol–water partition coefficient (Wildman–Crippen LogP) is 3.70. The van der Waals surface area contributed by atoms with Crippen molar-refractivity contribution in [2.75, 3.05) is 39.0 Å². The highest BCUT2D eigenvalue weighted by Gasteiger charge is 2.60. The Morgan fingerprint density at radius 2 is 2.24 bits per heavy atom. The fraction of sp³-hybridized carbons (Fsp3) is 0.560. The molecule has 0 amide bonds. The Balaban J connectivity index is 1.12. The van der Waals surface area contributed by atoms with Crippen molar-refractivity contribution >= 4 is 23.4 Å². The number of amidine groups is 1. The number of ketones is 1. The van der Waals surface area contributed by atoms with E-state index in [1.807, 2.05) is 30.8 Å². The molecule has 0 spiro atoms. The van der Waals surface area contributed by atoms with Crippen LogP contribution in [-0.4, -0.2) is 75.9 Å². The van der Waals surface area contributed by atoms with Gasteiger partial charge in [0.25, 0.3) is 0 Å². The summed E-state index contributed by atoms with van der Waals surface area (Å²) >= 11 is 2.00. The largest absolute Gasteiger partial charge is 0.507 e. The first-order chi connectivity index (χ1) is 15.9. The lowest BCUT2D eigenvalue weighted by Gasteiger charge is -2.33. The van der Waals surface area contributed by atoms with Crippen molar-refractivity contribution in [3.8, 4) is 5.75 Å². The number of piperidine rings is 1. The zero-order valence-electron chi connectivity index (χ0n) is 19.6. The van der Waals surface area contributed by atoms with Crippen molar-refractivity contribution in [3.63, 3.8) is 0 Å². The number of likely N-dealkylation sites (tertiary alicyclic amines) is 1. The maximum Gasteiger partial charge on any atom is 0.192 e. The van der Waals surface area contributed by atoms with E-state index in [2.05, 4.69) is 26.8 Å². The molecular weight excluding hydrogens is 436 g/mol. The van der Waals surface area contributed by atoms with Crippen LogP contribution in [0.25, 0.3) is 0 Å². The van der Waals surface area contributed by atoms with Crippen LogP contribution in [0.1, 0.15) is 53.6 Å². The molecule has 3 unspecified atom stereocenters. The van der Waals surface area contributed by atoms with Crippen molar-refractivity contribution in [3.05, 3.63) is 47.2 Å². The van der Waals surface area contributed by atoms with Crippen molar-refractivity contribution in [2.45, 2.75) is 43.9 Å². The number of aromatic hydroxyl groups is 1.